The van der Waals surface area contributed by atoms with Crippen LogP contribution in [0.25, 0.3) is 0 Å². The summed E-state index contributed by atoms with van der Waals surface area (Å²) in [4.78, 5) is 0. The molecular weight excluding hydrogens is 216 g/mol. The Hall–Kier alpha value is -2.16. The smallest absolute Gasteiger partial charge is 0.169 e. The summed E-state index contributed by atoms with van der Waals surface area (Å²) in [5.41, 5.74) is 0. The molecule has 3 nitrogen and oxygen atoms in total. The molecule has 0 fully saturated rings. The van der Waals surface area contributed by atoms with Crippen molar-refractivity contribution in [2.75, 3.05) is 14.2 Å². The first-order valence-electron chi connectivity index (χ1n) is 5.28. The summed E-state index contributed by atoms with van der Waals surface area (Å²) in [5.74, 6) is 2.95. The van der Waals surface area contributed by atoms with Crippen LogP contribution in [0.15, 0.2) is 48.5 Å². The van der Waals surface area contributed by atoms with E-state index in [0.717, 1.165) is 11.5 Å². The van der Waals surface area contributed by atoms with Crippen LogP contribution in [-0.4, -0.2) is 14.2 Å². The van der Waals surface area contributed by atoms with Crippen LogP contribution in [0.2, 0.25) is 0 Å². The van der Waals surface area contributed by atoms with Crippen molar-refractivity contribution in [3.05, 3.63) is 48.5 Å². The number of para-hydroxylation sites is 2. The Labute approximate surface area is 101 Å². The monoisotopic (exact) mass is 230 g/mol. The summed E-state index contributed by atoms with van der Waals surface area (Å²) in [5, 5.41) is 0. The SMILES string of the molecule is COc1ccc(Oc2ccccc2OC)cc1. The van der Waals surface area contributed by atoms with Crippen LogP contribution in [0.4, 0.5) is 0 Å². The van der Waals surface area contributed by atoms with Crippen molar-refractivity contribution in [3.8, 4) is 23.0 Å². The van der Waals surface area contributed by atoms with E-state index in [2.05, 4.69) is 0 Å². The highest BCUT2D eigenvalue weighted by Gasteiger charge is 2.03. The second-order valence-corrected chi connectivity index (χ2v) is 3.43. The molecule has 0 bridgehead atoms. The van der Waals surface area contributed by atoms with E-state index in [1.54, 1.807) is 14.2 Å². The number of methoxy groups -OCH3 is 2. The van der Waals surface area contributed by atoms with Gasteiger partial charge >= 0.3 is 0 Å². The molecule has 3 heteroatoms. The van der Waals surface area contributed by atoms with Gasteiger partial charge in [0.2, 0.25) is 0 Å². The molecule has 0 aliphatic carbocycles. The van der Waals surface area contributed by atoms with Gasteiger partial charge in [-0.25, -0.2) is 0 Å². The van der Waals surface area contributed by atoms with E-state index >= 15 is 0 Å². The second kappa shape index (κ2) is 5.25. The summed E-state index contributed by atoms with van der Waals surface area (Å²) in [6, 6.07) is 14.9. The number of hydrogen-bond donors (Lipinski definition) is 0. The highest BCUT2D eigenvalue weighted by molar-refractivity contribution is 5.43. The Bertz CT molecular complexity index is 477. The minimum Gasteiger partial charge on any atom is -0.497 e. The van der Waals surface area contributed by atoms with Crippen LogP contribution in [0.5, 0.6) is 23.0 Å². The lowest BCUT2D eigenvalue weighted by Crippen LogP contribution is -1.90. The average Bonchev–Trinajstić information content (AvgIpc) is 2.40. The highest BCUT2D eigenvalue weighted by Crippen LogP contribution is 2.31. The molecule has 88 valence electrons. The van der Waals surface area contributed by atoms with Crippen LogP contribution < -0.4 is 14.2 Å². The number of hydrogen-bond acceptors (Lipinski definition) is 3. The van der Waals surface area contributed by atoms with Crippen molar-refractivity contribution in [2.24, 2.45) is 0 Å². The van der Waals surface area contributed by atoms with Crippen LogP contribution in [0.1, 0.15) is 0 Å². The van der Waals surface area contributed by atoms with Crippen molar-refractivity contribution >= 4 is 0 Å². The van der Waals surface area contributed by atoms with Crippen molar-refractivity contribution in [3.63, 3.8) is 0 Å². The lowest BCUT2D eigenvalue weighted by atomic mass is 10.3. The third kappa shape index (κ3) is 2.69. The standard InChI is InChI=1S/C14H14O3/c1-15-11-7-9-12(10-8-11)17-14-6-4-3-5-13(14)16-2/h3-10H,1-2H3. The molecule has 2 aromatic rings. The third-order valence-electron chi connectivity index (χ3n) is 2.36. The van der Waals surface area contributed by atoms with Gasteiger partial charge in [-0.3, -0.25) is 0 Å². The zero-order valence-electron chi connectivity index (χ0n) is 9.84. The topological polar surface area (TPSA) is 27.7 Å². The zero-order chi connectivity index (χ0) is 12.1. The van der Waals surface area contributed by atoms with Gasteiger partial charge in [-0.2, -0.15) is 0 Å². The van der Waals surface area contributed by atoms with Gasteiger partial charge in [0.25, 0.3) is 0 Å². The molecule has 0 unspecified atom stereocenters. The van der Waals surface area contributed by atoms with Gasteiger partial charge in [-0.05, 0) is 36.4 Å². The fraction of sp³-hybridized carbons (Fsp3) is 0.143. The van der Waals surface area contributed by atoms with Crippen molar-refractivity contribution in [1.29, 1.82) is 0 Å². The molecule has 0 aliphatic heterocycles. The van der Waals surface area contributed by atoms with Gasteiger partial charge in [0.05, 0.1) is 14.2 Å². The predicted octanol–water partition coefficient (Wildman–Crippen LogP) is 3.50. The molecule has 2 aromatic carbocycles. The van der Waals surface area contributed by atoms with Gasteiger partial charge in [-0.1, -0.05) is 12.1 Å². The van der Waals surface area contributed by atoms with E-state index in [-0.39, 0.29) is 0 Å². The van der Waals surface area contributed by atoms with Gasteiger partial charge in [0, 0.05) is 0 Å². The molecule has 0 saturated heterocycles. The molecule has 0 heterocycles. The Morgan fingerprint density at radius 2 is 1.24 bits per heavy atom. The summed E-state index contributed by atoms with van der Waals surface area (Å²) in [6.45, 7) is 0. The fourth-order valence-electron chi connectivity index (χ4n) is 1.47. The van der Waals surface area contributed by atoms with E-state index < -0.39 is 0 Å². The normalized spacial score (nSPS) is 9.76. The van der Waals surface area contributed by atoms with Crippen LogP contribution in [-0.2, 0) is 0 Å². The quantitative estimate of drug-likeness (QED) is 0.804. The molecule has 0 radical (unpaired) electrons. The third-order valence-corrected chi connectivity index (χ3v) is 2.36. The average molecular weight is 230 g/mol. The lowest BCUT2D eigenvalue weighted by Gasteiger charge is -2.10. The fourth-order valence-corrected chi connectivity index (χ4v) is 1.47. The van der Waals surface area contributed by atoms with Crippen molar-refractivity contribution in [1.82, 2.24) is 0 Å². The number of benzene rings is 2. The second-order valence-electron chi connectivity index (χ2n) is 3.43. The van der Waals surface area contributed by atoms with Gasteiger partial charge < -0.3 is 14.2 Å². The minimum atomic E-state index is 0.695. The summed E-state index contributed by atoms with van der Waals surface area (Å²) >= 11 is 0. The minimum absolute atomic E-state index is 0.695. The Balaban J connectivity index is 2.19. The summed E-state index contributed by atoms with van der Waals surface area (Å²) < 4.78 is 16.0. The molecular formula is C14H14O3. The molecule has 0 N–H and O–H groups in total. The maximum absolute atomic E-state index is 5.72. The van der Waals surface area contributed by atoms with E-state index in [1.807, 2.05) is 48.5 Å². The highest BCUT2D eigenvalue weighted by atomic mass is 16.5. The van der Waals surface area contributed by atoms with Crippen LogP contribution >= 0.6 is 0 Å². The van der Waals surface area contributed by atoms with Crippen LogP contribution in [0.3, 0.4) is 0 Å². The van der Waals surface area contributed by atoms with Gasteiger partial charge in [0.15, 0.2) is 11.5 Å². The van der Waals surface area contributed by atoms with E-state index in [4.69, 9.17) is 14.2 Å². The van der Waals surface area contributed by atoms with Crippen LogP contribution in [0, 0.1) is 0 Å². The first kappa shape index (κ1) is 11.3. The molecule has 17 heavy (non-hydrogen) atoms. The predicted molar refractivity (Wildman–Crippen MR) is 66.1 cm³/mol. The molecule has 2 rings (SSSR count). The Kier molecular flexibility index (Phi) is 3.50. The number of ether oxygens (including phenoxy) is 3. The van der Waals surface area contributed by atoms with E-state index in [9.17, 15) is 0 Å². The van der Waals surface area contributed by atoms with Crippen molar-refractivity contribution in [2.45, 2.75) is 0 Å². The van der Waals surface area contributed by atoms with E-state index in [1.165, 1.54) is 0 Å². The molecule has 0 aliphatic rings. The Morgan fingerprint density at radius 3 is 1.82 bits per heavy atom. The maximum Gasteiger partial charge on any atom is 0.169 e. The van der Waals surface area contributed by atoms with E-state index in [0.29, 0.717) is 11.5 Å². The van der Waals surface area contributed by atoms with Crippen molar-refractivity contribution < 1.29 is 14.2 Å². The summed E-state index contributed by atoms with van der Waals surface area (Å²) in [6.07, 6.45) is 0. The zero-order valence-corrected chi connectivity index (χ0v) is 9.84. The largest absolute Gasteiger partial charge is 0.497 e. The van der Waals surface area contributed by atoms with Gasteiger partial charge in [0.1, 0.15) is 11.5 Å². The molecule has 0 atom stereocenters. The first-order valence-corrected chi connectivity index (χ1v) is 5.28. The molecule has 0 spiro atoms. The molecule has 0 aromatic heterocycles. The maximum atomic E-state index is 5.72. The first-order chi connectivity index (χ1) is 8.33. The Morgan fingerprint density at radius 1 is 0.647 bits per heavy atom. The molecule has 0 amide bonds. The summed E-state index contributed by atoms with van der Waals surface area (Å²) in [7, 11) is 3.26. The van der Waals surface area contributed by atoms with Gasteiger partial charge in [-0.15, -0.1) is 0 Å². The number of rotatable bonds is 4. The lowest BCUT2D eigenvalue weighted by molar-refractivity contribution is 0.378. The molecule has 0 saturated carbocycles.